The van der Waals surface area contributed by atoms with E-state index < -0.39 is 10.1 Å². The highest BCUT2D eigenvalue weighted by molar-refractivity contribution is 7.85. The Balaban J connectivity index is 2.33. The second kappa shape index (κ2) is 3.36. The first-order valence-electron chi connectivity index (χ1n) is 3.60. The smallest absolute Gasteiger partial charge is 0.264 e. The Hall–Kier alpha value is -0.350. The van der Waals surface area contributed by atoms with Crippen LogP contribution in [0.5, 0.6) is 0 Å². The fourth-order valence-corrected chi connectivity index (χ4v) is 1.42. The van der Waals surface area contributed by atoms with Crippen molar-refractivity contribution in [2.24, 2.45) is 0 Å². The van der Waals surface area contributed by atoms with Gasteiger partial charge in [0.1, 0.15) is 0 Å². The average Bonchev–Trinajstić information content (AvgIpc) is 2.32. The van der Waals surface area contributed by atoms with E-state index in [0.29, 0.717) is 0 Å². The monoisotopic (exact) mass is 176 g/mol. The Morgan fingerprint density at radius 1 is 1.64 bits per heavy atom. The van der Waals surface area contributed by atoms with Gasteiger partial charge in [-0.05, 0) is 24.8 Å². The SMILES string of the molecule is CS(=O)(=O)OCC1=CCCC1. The molecule has 0 aliphatic heterocycles. The third-order valence-corrected chi connectivity index (χ3v) is 2.14. The van der Waals surface area contributed by atoms with Crippen molar-refractivity contribution in [3.05, 3.63) is 11.6 Å². The molecule has 0 spiro atoms. The van der Waals surface area contributed by atoms with Crippen LogP contribution >= 0.6 is 0 Å². The van der Waals surface area contributed by atoms with E-state index in [4.69, 9.17) is 0 Å². The Morgan fingerprint density at radius 2 is 2.36 bits per heavy atom. The van der Waals surface area contributed by atoms with Crippen molar-refractivity contribution < 1.29 is 12.6 Å². The van der Waals surface area contributed by atoms with Crippen molar-refractivity contribution in [1.82, 2.24) is 0 Å². The summed E-state index contributed by atoms with van der Waals surface area (Å²) in [6.45, 7) is 0.249. The minimum atomic E-state index is -3.25. The van der Waals surface area contributed by atoms with Gasteiger partial charge in [-0.2, -0.15) is 8.42 Å². The Kier molecular flexibility index (Phi) is 2.67. The standard InChI is InChI=1S/C7H12O3S/c1-11(8,9)10-6-7-4-2-3-5-7/h4H,2-3,5-6H2,1H3. The molecule has 0 bridgehead atoms. The molecule has 0 unspecified atom stereocenters. The summed E-state index contributed by atoms with van der Waals surface area (Å²) in [5, 5.41) is 0. The van der Waals surface area contributed by atoms with Gasteiger partial charge < -0.3 is 0 Å². The van der Waals surface area contributed by atoms with Gasteiger partial charge in [0.05, 0.1) is 12.9 Å². The Bertz CT molecular complexity index is 251. The van der Waals surface area contributed by atoms with Crippen molar-refractivity contribution in [2.75, 3.05) is 12.9 Å². The molecule has 1 rings (SSSR count). The zero-order chi connectivity index (χ0) is 8.32. The number of hydrogen-bond acceptors (Lipinski definition) is 3. The van der Waals surface area contributed by atoms with Gasteiger partial charge >= 0.3 is 0 Å². The maximum absolute atomic E-state index is 10.5. The second-order valence-electron chi connectivity index (χ2n) is 2.72. The summed E-state index contributed by atoms with van der Waals surface area (Å²) in [7, 11) is -3.25. The molecule has 0 saturated heterocycles. The van der Waals surface area contributed by atoms with E-state index >= 15 is 0 Å². The molecule has 0 atom stereocenters. The van der Waals surface area contributed by atoms with Crippen molar-refractivity contribution >= 4 is 10.1 Å². The van der Waals surface area contributed by atoms with E-state index in [0.717, 1.165) is 31.1 Å². The highest BCUT2D eigenvalue weighted by Crippen LogP contribution is 2.17. The van der Waals surface area contributed by atoms with Gasteiger partial charge in [0, 0.05) is 0 Å². The van der Waals surface area contributed by atoms with E-state index in [1.807, 2.05) is 6.08 Å². The number of allylic oxidation sites excluding steroid dienone is 1. The lowest BCUT2D eigenvalue weighted by atomic mass is 10.2. The zero-order valence-corrected chi connectivity index (χ0v) is 7.36. The molecule has 3 nitrogen and oxygen atoms in total. The maximum atomic E-state index is 10.5. The predicted octanol–water partition coefficient (Wildman–Crippen LogP) is 1.07. The quantitative estimate of drug-likeness (QED) is 0.477. The van der Waals surface area contributed by atoms with Gasteiger partial charge in [0.2, 0.25) is 0 Å². The first-order valence-corrected chi connectivity index (χ1v) is 5.42. The van der Waals surface area contributed by atoms with Crippen LogP contribution in [0.1, 0.15) is 19.3 Å². The van der Waals surface area contributed by atoms with Gasteiger partial charge in [-0.1, -0.05) is 6.08 Å². The van der Waals surface area contributed by atoms with Gasteiger partial charge in [0.25, 0.3) is 10.1 Å². The lowest BCUT2D eigenvalue weighted by Crippen LogP contribution is -2.05. The minimum Gasteiger partial charge on any atom is -0.266 e. The lowest BCUT2D eigenvalue weighted by molar-refractivity contribution is 0.350. The second-order valence-corrected chi connectivity index (χ2v) is 4.36. The molecule has 0 heterocycles. The molecule has 1 aliphatic rings. The summed E-state index contributed by atoms with van der Waals surface area (Å²) in [6.07, 6.45) is 6.29. The van der Waals surface area contributed by atoms with E-state index in [1.54, 1.807) is 0 Å². The number of hydrogen-bond donors (Lipinski definition) is 0. The third kappa shape index (κ3) is 3.53. The van der Waals surface area contributed by atoms with Crippen LogP contribution in [0.4, 0.5) is 0 Å². The van der Waals surface area contributed by atoms with Crippen LogP contribution in [0, 0.1) is 0 Å². The van der Waals surface area contributed by atoms with Crippen LogP contribution in [0.2, 0.25) is 0 Å². The van der Waals surface area contributed by atoms with Crippen molar-refractivity contribution in [3.63, 3.8) is 0 Å². The topological polar surface area (TPSA) is 43.4 Å². The highest BCUT2D eigenvalue weighted by atomic mass is 32.2. The van der Waals surface area contributed by atoms with Crippen LogP contribution in [0.25, 0.3) is 0 Å². The van der Waals surface area contributed by atoms with E-state index in [9.17, 15) is 8.42 Å². The molecule has 1 aliphatic carbocycles. The molecule has 0 aromatic rings. The molecule has 64 valence electrons. The first kappa shape index (κ1) is 8.74. The van der Waals surface area contributed by atoms with E-state index in [2.05, 4.69) is 4.18 Å². The van der Waals surface area contributed by atoms with Crippen LogP contribution in [0.3, 0.4) is 0 Å². The first-order chi connectivity index (χ1) is 5.08. The van der Waals surface area contributed by atoms with Crippen LogP contribution in [-0.4, -0.2) is 21.3 Å². The highest BCUT2D eigenvalue weighted by Gasteiger charge is 2.07. The fourth-order valence-electron chi connectivity index (χ4n) is 1.05. The minimum absolute atomic E-state index is 0.249. The van der Waals surface area contributed by atoms with Crippen LogP contribution < -0.4 is 0 Å². The molecule has 0 amide bonds. The molecule has 4 heteroatoms. The summed E-state index contributed by atoms with van der Waals surface area (Å²) in [5.41, 5.74) is 1.11. The summed E-state index contributed by atoms with van der Waals surface area (Å²) in [5.74, 6) is 0. The maximum Gasteiger partial charge on any atom is 0.264 e. The Morgan fingerprint density at radius 3 is 2.82 bits per heavy atom. The summed E-state index contributed by atoms with van der Waals surface area (Å²) < 4.78 is 25.7. The molecular formula is C7H12O3S. The van der Waals surface area contributed by atoms with Crippen molar-refractivity contribution in [3.8, 4) is 0 Å². The lowest BCUT2D eigenvalue weighted by Gasteiger charge is -2.00. The summed E-state index contributed by atoms with van der Waals surface area (Å²) in [4.78, 5) is 0. The fraction of sp³-hybridized carbons (Fsp3) is 0.714. The predicted molar refractivity (Wildman–Crippen MR) is 42.7 cm³/mol. The van der Waals surface area contributed by atoms with Gasteiger partial charge in [-0.3, -0.25) is 4.18 Å². The van der Waals surface area contributed by atoms with Crippen molar-refractivity contribution in [2.45, 2.75) is 19.3 Å². The molecule has 0 radical (unpaired) electrons. The van der Waals surface area contributed by atoms with Crippen LogP contribution in [-0.2, 0) is 14.3 Å². The normalized spacial score (nSPS) is 18.5. The molecule has 0 fully saturated rings. The zero-order valence-electron chi connectivity index (χ0n) is 6.54. The van der Waals surface area contributed by atoms with E-state index in [-0.39, 0.29) is 6.61 Å². The molecule has 0 aromatic heterocycles. The summed E-state index contributed by atoms with van der Waals surface area (Å²) >= 11 is 0. The van der Waals surface area contributed by atoms with Gasteiger partial charge in [-0.15, -0.1) is 0 Å². The van der Waals surface area contributed by atoms with Gasteiger partial charge in [0.15, 0.2) is 0 Å². The molecule has 0 aromatic carbocycles. The largest absolute Gasteiger partial charge is 0.266 e. The molecular weight excluding hydrogens is 164 g/mol. The summed E-state index contributed by atoms with van der Waals surface area (Å²) in [6, 6.07) is 0. The number of rotatable bonds is 3. The van der Waals surface area contributed by atoms with Crippen LogP contribution in [0.15, 0.2) is 11.6 Å². The van der Waals surface area contributed by atoms with E-state index in [1.165, 1.54) is 0 Å². The Labute approximate surface area is 67.2 Å². The molecule has 11 heavy (non-hydrogen) atoms. The third-order valence-electron chi connectivity index (χ3n) is 1.59. The average molecular weight is 176 g/mol. The molecule has 0 saturated carbocycles. The molecule has 0 N–H and O–H groups in total. The van der Waals surface area contributed by atoms with Crippen molar-refractivity contribution in [1.29, 1.82) is 0 Å². The van der Waals surface area contributed by atoms with Gasteiger partial charge in [-0.25, -0.2) is 0 Å².